The van der Waals surface area contributed by atoms with Crippen LogP contribution in [0.3, 0.4) is 0 Å². The highest BCUT2D eigenvalue weighted by Gasteiger charge is 2.61. The van der Waals surface area contributed by atoms with E-state index in [0.717, 1.165) is 19.3 Å². The molecule has 0 amide bonds. The lowest BCUT2D eigenvalue weighted by molar-refractivity contribution is -0.167. The van der Waals surface area contributed by atoms with Crippen molar-refractivity contribution in [2.24, 2.45) is 29.1 Å². The molecular formula is C20H32O3. The van der Waals surface area contributed by atoms with Gasteiger partial charge in [-0.25, -0.2) is 0 Å². The van der Waals surface area contributed by atoms with Gasteiger partial charge in [0.15, 0.2) is 0 Å². The number of hydrogen-bond donors (Lipinski definition) is 2. The summed E-state index contributed by atoms with van der Waals surface area (Å²) in [4.78, 5) is 12.3. The summed E-state index contributed by atoms with van der Waals surface area (Å²) in [6, 6.07) is 0. The summed E-state index contributed by atoms with van der Waals surface area (Å²) in [5, 5.41) is 20.9. The normalized spacial score (nSPS) is 40.2. The number of carbonyl (C=O) groups is 1. The van der Waals surface area contributed by atoms with Crippen LogP contribution in [-0.4, -0.2) is 28.2 Å². The number of fused-ring (bicyclic) bond motifs is 1. The second kappa shape index (κ2) is 6.68. The second-order valence-electron chi connectivity index (χ2n) is 8.39. The van der Waals surface area contributed by atoms with Gasteiger partial charge in [0.05, 0.1) is 12.2 Å². The summed E-state index contributed by atoms with van der Waals surface area (Å²) < 4.78 is 0. The fourth-order valence-corrected chi connectivity index (χ4v) is 5.48. The molecule has 0 aliphatic heterocycles. The standard InChI is InChI=1S/C20H32O3/c1-13(2)20-11-10-18(22)15(16(20)12-19(20)23)8-9-17(21)14-6-4-3-5-7-14/h8-9,13-18,21-22H,3-7,10-12H2,1-2H3/b9-8+/t15-,16-,17-,18-,20-/m1/s1. The first-order valence-electron chi connectivity index (χ1n) is 9.54. The Morgan fingerprint density at radius 2 is 1.87 bits per heavy atom. The van der Waals surface area contributed by atoms with Crippen LogP contribution in [0.15, 0.2) is 12.2 Å². The summed E-state index contributed by atoms with van der Waals surface area (Å²) in [5.41, 5.74) is -0.218. The average Bonchev–Trinajstić information content (AvgIpc) is 2.54. The Morgan fingerprint density at radius 1 is 1.17 bits per heavy atom. The summed E-state index contributed by atoms with van der Waals surface area (Å²) in [6.07, 6.45) is 11.3. The molecule has 3 fully saturated rings. The van der Waals surface area contributed by atoms with Crippen molar-refractivity contribution in [1.82, 2.24) is 0 Å². The molecule has 23 heavy (non-hydrogen) atoms. The topological polar surface area (TPSA) is 57.5 Å². The molecule has 2 N–H and O–H groups in total. The van der Waals surface area contributed by atoms with E-state index in [0.29, 0.717) is 30.5 Å². The van der Waals surface area contributed by atoms with Gasteiger partial charge in [0.2, 0.25) is 0 Å². The van der Waals surface area contributed by atoms with Crippen molar-refractivity contribution in [3.8, 4) is 0 Å². The highest BCUT2D eigenvalue weighted by Crippen LogP contribution is 2.59. The molecule has 5 atom stereocenters. The highest BCUT2D eigenvalue weighted by atomic mass is 16.3. The van der Waals surface area contributed by atoms with Crippen LogP contribution in [-0.2, 0) is 4.79 Å². The Morgan fingerprint density at radius 3 is 2.48 bits per heavy atom. The maximum Gasteiger partial charge on any atom is 0.139 e. The van der Waals surface area contributed by atoms with Gasteiger partial charge in [0.25, 0.3) is 0 Å². The van der Waals surface area contributed by atoms with Crippen LogP contribution in [0.2, 0.25) is 0 Å². The Bertz CT molecular complexity index is 464. The van der Waals surface area contributed by atoms with Crippen molar-refractivity contribution in [2.75, 3.05) is 0 Å². The summed E-state index contributed by atoms with van der Waals surface area (Å²) >= 11 is 0. The van der Waals surface area contributed by atoms with Gasteiger partial charge in [-0.2, -0.15) is 0 Å². The zero-order valence-electron chi connectivity index (χ0n) is 14.6. The van der Waals surface area contributed by atoms with Crippen LogP contribution in [0.4, 0.5) is 0 Å². The lowest BCUT2D eigenvalue weighted by Crippen LogP contribution is -2.60. The number of Topliss-reactive ketones (excluding diaryl/α,β-unsaturated/α-hetero) is 1. The number of rotatable bonds is 4. The number of ketones is 1. The number of aliphatic hydroxyl groups is 2. The number of aliphatic hydroxyl groups excluding tert-OH is 2. The van der Waals surface area contributed by atoms with E-state index < -0.39 is 6.10 Å². The Hall–Kier alpha value is -0.670. The van der Waals surface area contributed by atoms with Crippen molar-refractivity contribution in [1.29, 1.82) is 0 Å². The smallest absolute Gasteiger partial charge is 0.139 e. The van der Waals surface area contributed by atoms with E-state index in [1.54, 1.807) is 0 Å². The molecule has 0 bridgehead atoms. The quantitative estimate of drug-likeness (QED) is 0.780. The van der Waals surface area contributed by atoms with Gasteiger partial charge >= 0.3 is 0 Å². The van der Waals surface area contributed by atoms with E-state index in [1.807, 2.05) is 12.2 Å². The molecule has 3 aliphatic rings. The minimum absolute atomic E-state index is 0.0297. The largest absolute Gasteiger partial charge is 0.393 e. The highest BCUT2D eigenvalue weighted by molar-refractivity contribution is 5.92. The van der Waals surface area contributed by atoms with E-state index in [-0.39, 0.29) is 23.4 Å². The summed E-state index contributed by atoms with van der Waals surface area (Å²) in [5.74, 6) is 1.38. The average molecular weight is 320 g/mol. The molecule has 3 saturated carbocycles. The van der Waals surface area contributed by atoms with Crippen molar-refractivity contribution < 1.29 is 15.0 Å². The lowest BCUT2D eigenvalue weighted by Gasteiger charge is -2.57. The monoisotopic (exact) mass is 320 g/mol. The van der Waals surface area contributed by atoms with Crippen LogP contribution in [0, 0.1) is 29.1 Å². The minimum Gasteiger partial charge on any atom is -0.393 e. The van der Waals surface area contributed by atoms with Crippen molar-refractivity contribution in [2.45, 2.75) is 77.4 Å². The van der Waals surface area contributed by atoms with E-state index >= 15 is 0 Å². The van der Waals surface area contributed by atoms with E-state index in [9.17, 15) is 15.0 Å². The predicted octanol–water partition coefficient (Wildman–Crippen LogP) is 3.49. The SMILES string of the molecule is CC(C)[C@]12CC[C@@H](O)[C@H](/C=C/[C@@H](O)C3CCCCC3)[C@H]1CC2=O. The van der Waals surface area contributed by atoms with Gasteiger partial charge in [-0.1, -0.05) is 45.3 Å². The van der Waals surface area contributed by atoms with E-state index in [1.165, 1.54) is 19.3 Å². The zero-order chi connectivity index (χ0) is 16.6. The molecule has 0 radical (unpaired) electrons. The molecule has 0 aromatic heterocycles. The summed E-state index contributed by atoms with van der Waals surface area (Å²) in [6.45, 7) is 4.28. The fraction of sp³-hybridized carbons (Fsp3) is 0.850. The molecule has 0 heterocycles. The van der Waals surface area contributed by atoms with Crippen molar-refractivity contribution in [3.05, 3.63) is 12.2 Å². The van der Waals surface area contributed by atoms with Gasteiger partial charge in [-0.3, -0.25) is 4.79 Å². The first kappa shape index (κ1) is 17.2. The van der Waals surface area contributed by atoms with E-state index in [2.05, 4.69) is 13.8 Å². The third-order valence-electron chi connectivity index (χ3n) is 7.04. The summed E-state index contributed by atoms with van der Waals surface area (Å²) in [7, 11) is 0. The van der Waals surface area contributed by atoms with Gasteiger partial charge in [0.1, 0.15) is 5.78 Å². The van der Waals surface area contributed by atoms with Gasteiger partial charge in [0, 0.05) is 17.8 Å². The molecular weight excluding hydrogens is 288 g/mol. The zero-order valence-corrected chi connectivity index (χ0v) is 14.6. The number of carbonyl (C=O) groups excluding carboxylic acids is 1. The van der Waals surface area contributed by atoms with Crippen LogP contribution >= 0.6 is 0 Å². The second-order valence-corrected chi connectivity index (χ2v) is 8.39. The third-order valence-corrected chi connectivity index (χ3v) is 7.04. The molecule has 3 aliphatic carbocycles. The minimum atomic E-state index is -0.395. The van der Waals surface area contributed by atoms with Crippen LogP contribution < -0.4 is 0 Å². The molecule has 3 heteroatoms. The molecule has 130 valence electrons. The Balaban J connectivity index is 1.70. The molecule has 3 rings (SSSR count). The Labute approximate surface area is 140 Å². The first-order chi connectivity index (χ1) is 11.0. The fourth-order valence-electron chi connectivity index (χ4n) is 5.48. The molecule has 3 nitrogen and oxygen atoms in total. The van der Waals surface area contributed by atoms with Gasteiger partial charge < -0.3 is 10.2 Å². The van der Waals surface area contributed by atoms with E-state index in [4.69, 9.17) is 0 Å². The third kappa shape index (κ3) is 2.91. The Kier molecular flexibility index (Phi) is 4.98. The van der Waals surface area contributed by atoms with Crippen molar-refractivity contribution in [3.63, 3.8) is 0 Å². The molecule has 0 aromatic rings. The lowest BCUT2D eigenvalue weighted by atomic mass is 9.45. The maximum atomic E-state index is 12.3. The van der Waals surface area contributed by atoms with Gasteiger partial charge in [-0.05, 0) is 43.4 Å². The predicted molar refractivity (Wildman–Crippen MR) is 90.8 cm³/mol. The first-order valence-corrected chi connectivity index (χ1v) is 9.54. The molecule has 0 spiro atoms. The molecule has 0 saturated heterocycles. The van der Waals surface area contributed by atoms with Crippen LogP contribution in [0.25, 0.3) is 0 Å². The van der Waals surface area contributed by atoms with Crippen LogP contribution in [0.5, 0.6) is 0 Å². The molecule has 0 aromatic carbocycles. The van der Waals surface area contributed by atoms with Crippen molar-refractivity contribution >= 4 is 5.78 Å². The van der Waals surface area contributed by atoms with Gasteiger partial charge in [-0.15, -0.1) is 0 Å². The number of hydrogen-bond acceptors (Lipinski definition) is 3. The maximum absolute atomic E-state index is 12.3. The molecule has 0 unspecified atom stereocenters. The van der Waals surface area contributed by atoms with Crippen LogP contribution in [0.1, 0.15) is 65.2 Å².